The summed E-state index contributed by atoms with van der Waals surface area (Å²) in [6.07, 6.45) is 9.74. The van der Waals surface area contributed by atoms with Crippen LogP contribution >= 0.6 is 0 Å². The van der Waals surface area contributed by atoms with Gasteiger partial charge in [0.05, 0.1) is 0 Å². The lowest BCUT2D eigenvalue weighted by Gasteiger charge is -2.09. The van der Waals surface area contributed by atoms with Crippen LogP contribution in [0.1, 0.15) is 61.8 Å². The van der Waals surface area contributed by atoms with Crippen LogP contribution in [0.25, 0.3) is 0 Å². The van der Waals surface area contributed by atoms with Gasteiger partial charge in [0.25, 0.3) is 0 Å². The highest BCUT2D eigenvalue weighted by molar-refractivity contribution is 6.06. The molecule has 0 fully saturated rings. The molecule has 0 unspecified atom stereocenters. The molecule has 0 N–H and O–H groups in total. The summed E-state index contributed by atoms with van der Waals surface area (Å²) in [5.74, 6) is 1.49. The van der Waals surface area contributed by atoms with Crippen molar-refractivity contribution < 1.29 is 9.21 Å². The van der Waals surface area contributed by atoms with Crippen molar-refractivity contribution in [1.29, 1.82) is 0 Å². The first kappa shape index (κ1) is 12.2. The molecule has 2 nitrogen and oxygen atoms in total. The number of aryl methyl sites for hydroxylation is 1. The average Bonchev–Trinajstić information content (AvgIpc) is 2.76. The number of ketones is 1. The molecule has 1 heterocycles. The Bertz CT molecular complexity index is 412. The lowest BCUT2D eigenvalue weighted by atomic mass is 9.96. The maximum atomic E-state index is 12.2. The van der Waals surface area contributed by atoms with E-state index in [9.17, 15) is 4.79 Å². The molecule has 17 heavy (non-hydrogen) atoms. The Labute approximate surface area is 103 Å². The summed E-state index contributed by atoms with van der Waals surface area (Å²) in [6.45, 7) is 2.03. The maximum Gasteiger partial charge on any atom is 0.223 e. The van der Waals surface area contributed by atoms with Crippen molar-refractivity contribution in [3.05, 3.63) is 35.3 Å². The Balaban J connectivity index is 2.12. The highest BCUT2D eigenvalue weighted by Gasteiger charge is 2.16. The molecule has 0 saturated heterocycles. The molecule has 0 atom stereocenters. The number of carbonyl (C=O) groups excluding carboxylic acids is 1. The third-order valence-corrected chi connectivity index (χ3v) is 3.32. The number of carbonyl (C=O) groups is 1. The normalized spacial score (nSPS) is 20.2. The Morgan fingerprint density at radius 3 is 2.82 bits per heavy atom. The van der Waals surface area contributed by atoms with Gasteiger partial charge in [0.15, 0.2) is 5.76 Å². The van der Waals surface area contributed by atoms with E-state index >= 15 is 0 Å². The molecule has 92 valence electrons. The molecule has 1 aromatic heterocycles. The summed E-state index contributed by atoms with van der Waals surface area (Å²) in [4.78, 5) is 12.2. The molecular weight excluding hydrogens is 212 g/mol. The SMILES string of the molecule is CCc1ccc(C(=O)/C2=C/CCCCCC2)o1. The summed E-state index contributed by atoms with van der Waals surface area (Å²) in [7, 11) is 0. The van der Waals surface area contributed by atoms with E-state index in [2.05, 4.69) is 6.08 Å². The molecule has 0 bridgehead atoms. The first-order chi connectivity index (χ1) is 8.31. The van der Waals surface area contributed by atoms with Gasteiger partial charge in [-0.3, -0.25) is 4.79 Å². The topological polar surface area (TPSA) is 30.2 Å². The minimum absolute atomic E-state index is 0.0894. The number of Topliss-reactive ketones (excluding diaryl/α,β-unsaturated/α-hetero) is 1. The maximum absolute atomic E-state index is 12.2. The second-order valence-electron chi connectivity index (χ2n) is 4.63. The molecule has 0 amide bonds. The number of furan rings is 1. The predicted octanol–water partition coefficient (Wildman–Crippen LogP) is 4.31. The minimum Gasteiger partial charge on any atom is -0.458 e. The van der Waals surface area contributed by atoms with E-state index in [0.717, 1.165) is 37.0 Å². The van der Waals surface area contributed by atoms with E-state index < -0.39 is 0 Å². The smallest absolute Gasteiger partial charge is 0.223 e. The van der Waals surface area contributed by atoms with Crippen molar-refractivity contribution in [3.8, 4) is 0 Å². The van der Waals surface area contributed by atoms with Crippen molar-refractivity contribution in [2.24, 2.45) is 0 Å². The van der Waals surface area contributed by atoms with Crippen LogP contribution in [-0.2, 0) is 6.42 Å². The largest absolute Gasteiger partial charge is 0.458 e. The molecule has 0 aromatic carbocycles. The zero-order valence-electron chi connectivity index (χ0n) is 10.5. The predicted molar refractivity (Wildman–Crippen MR) is 68.2 cm³/mol. The Morgan fingerprint density at radius 2 is 2.06 bits per heavy atom. The van der Waals surface area contributed by atoms with Crippen LogP contribution in [0.5, 0.6) is 0 Å². The first-order valence-electron chi connectivity index (χ1n) is 6.63. The summed E-state index contributed by atoms with van der Waals surface area (Å²) in [5, 5.41) is 0. The lowest BCUT2D eigenvalue weighted by Crippen LogP contribution is -2.04. The number of hydrogen-bond donors (Lipinski definition) is 0. The molecule has 1 aliphatic rings. The van der Waals surface area contributed by atoms with E-state index in [4.69, 9.17) is 4.42 Å². The van der Waals surface area contributed by atoms with Gasteiger partial charge in [-0.15, -0.1) is 0 Å². The first-order valence-corrected chi connectivity index (χ1v) is 6.63. The van der Waals surface area contributed by atoms with Gasteiger partial charge in [0.2, 0.25) is 5.78 Å². The van der Waals surface area contributed by atoms with Crippen LogP contribution in [0.15, 0.2) is 28.2 Å². The summed E-state index contributed by atoms with van der Waals surface area (Å²) in [5.41, 5.74) is 0.946. The van der Waals surface area contributed by atoms with Crippen LogP contribution in [-0.4, -0.2) is 5.78 Å². The van der Waals surface area contributed by atoms with Gasteiger partial charge in [-0.25, -0.2) is 0 Å². The Hall–Kier alpha value is -1.31. The second kappa shape index (κ2) is 5.85. The number of hydrogen-bond acceptors (Lipinski definition) is 2. The van der Waals surface area contributed by atoms with Gasteiger partial charge in [0, 0.05) is 6.42 Å². The van der Waals surface area contributed by atoms with E-state index in [-0.39, 0.29) is 5.78 Å². The second-order valence-corrected chi connectivity index (χ2v) is 4.63. The monoisotopic (exact) mass is 232 g/mol. The van der Waals surface area contributed by atoms with Crippen LogP contribution < -0.4 is 0 Å². The highest BCUT2D eigenvalue weighted by Crippen LogP contribution is 2.21. The zero-order chi connectivity index (χ0) is 12.1. The molecule has 1 aliphatic carbocycles. The van der Waals surface area contributed by atoms with Crippen LogP contribution in [0.4, 0.5) is 0 Å². The molecule has 0 radical (unpaired) electrons. The van der Waals surface area contributed by atoms with E-state index in [1.54, 1.807) is 6.07 Å². The van der Waals surface area contributed by atoms with Gasteiger partial charge in [-0.2, -0.15) is 0 Å². The summed E-state index contributed by atoms with van der Waals surface area (Å²) < 4.78 is 5.53. The number of allylic oxidation sites excluding steroid dienone is 2. The van der Waals surface area contributed by atoms with Crippen LogP contribution in [0, 0.1) is 0 Å². The Morgan fingerprint density at radius 1 is 1.24 bits per heavy atom. The molecule has 1 aromatic rings. The van der Waals surface area contributed by atoms with E-state index in [1.165, 1.54) is 19.3 Å². The molecule has 0 aliphatic heterocycles. The molecule has 0 saturated carbocycles. The van der Waals surface area contributed by atoms with Gasteiger partial charge in [-0.1, -0.05) is 25.8 Å². The number of rotatable bonds is 3. The summed E-state index contributed by atoms with van der Waals surface area (Å²) >= 11 is 0. The molecule has 2 rings (SSSR count). The summed E-state index contributed by atoms with van der Waals surface area (Å²) in [6, 6.07) is 3.71. The lowest BCUT2D eigenvalue weighted by molar-refractivity contribution is 0.0998. The van der Waals surface area contributed by atoms with Crippen molar-refractivity contribution >= 4 is 5.78 Å². The van der Waals surface area contributed by atoms with Crippen LogP contribution in [0.2, 0.25) is 0 Å². The van der Waals surface area contributed by atoms with Crippen molar-refractivity contribution in [3.63, 3.8) is 0 Å². The third-order valence-electron chi connectivity index (χ3n) is 3.32. The quantitative estimate of drug-likeness (QED) is 0.727. The fourth-order valence-corrected chi connectivity index (χ4v) is 2.25. The molecular formula is C15H20O2. The van der Waals surface area contributed by atoms with Crippen molar-refractivity contribution in [2.45, 2.75) is 51.9 Å². The fourth-order valence-electron chi connectivity index (χ4n) is 2.25. The van der Waals surface area contributed by atoms with Gasteiger partial charge >= 0.3 is 0 Å². The van der Waals surface area contributed by atoms with Gasteiger partial charge in [-0.05, 0) is 43.4 Å². The van der Waals surface area contributed by atoms with Gasteiger partial charge < -0.3 is 4.42 Å². The van der Waals surface area contributed by atoms with E-state index in [0.29, 0.717) is 5.76 Å². The molecule has 0 spiro atoms. The molecule has 2 heteroatoms. The average molecular weight is 232 g/mol. The zero-order valence-corrected chi connectivity index (χ0v) is 10.5. The minimum atomic E-state index is 0.0894. The highest BCUT2D eigenvalue weighted by atomic mass is 16.3. The Kier molecular flexibility index (Phi) is 4.18. The van der Waals surface area contributed by atoms with E-state index in [1.807, 2.05) is 13.0 Å². The fraction of sp³-hybridized carbons (Fsp3) is 0.533. The van der Waals surface area contributed by atoms with Gasteiger partial charge in [0.1, 0.15) is 5.76 Å². The van der Waals surface area contributed by atoms with Crippen molar-refractivity contribution in [2.75, 3.05) is 0 Å². The van der Waals surface area contributed by atoms with Crippen molar-refractivity contribution in [1.82, 2.24) is 0 Å². The van der Waals surface area contributed by atoms with Crippen LogP contribution in [0.3, 0.4) is 0 Å². The standard InChI is InChI=1S/C15H20O2/c1-2-13-10-11-14(17-13)15(16)12-8-6-4-3-5-7-9-12/h8,10-11H,2-7,9H2,1H3/b12-8+. The third kappa shape index (κ3) is 3.09.